The minimum Gasteiger partial charge on any atom is -0.465 e. The van der Waals surface area contributed by atoms with Gasteiger partial charge in [0, 0.05) is 28.8 Å². The molecular formula is C35H31FN2O3. The summed E-state index contributed by atoms with van der Waals surface area (Å²) in [4.78, 5) is 17.3. The van der Waals surface area contributed by atoms with Crippen molar-refractivity contribution in [2.45, 2.75) is 45.4 Å². The number of benzene rings is 3. The number of nitrogens with zero attached hydrogens (tertiary/aromatic N) is 2. The van der Waals surface area contributed by atoms with Gasteiger partial charge in [-0.25, -0.2) is 4.39 Å². The van der Waals surface area contributed by atoms with Crippen LogP contribution in [0.5, 0.6) is 0 Å². The molecule has 206 valence electrons. The summed E-state index contributed by atoms with van der Waals surface area (Å²) in [6.45, 7) is 5.94. The third-order valence-electron chi connectivity index (χ3n) is 8.03. The van der Waals surface area contributed by atoms with Crippen LogP contribution in [0.25, 0.3) is 33.7 Å². The Hall–Kier alpha value is -4.58. The number of carbonyl (C=O) groups is 1. The molecule has 2 heterocycles. The van der Waals surface area contributed by atoms with Crippen LogP contribution in [-0.2, 0) is 21.4 Å². The first-order chi connectivity index (χ1) is 19.9. The predicted molar refractivity (Wildman–Crippen MR) is 157 cm³/mol. The lowest BCUT2D eigenvalue weighted by Gasteiger charge is -2.14. The second kappa shape index (κ2) is 10.8. The van der Waals surface area contributed by atoms with E-state index in [9.17, 15) is 9.18 Å². The monoisotopic (exact) mass is 546 g/mol. The molecule has 0 saturated heterocycles. The van der Waals surface area contributed by atoms with Crippen LogP contribution in [0, 0.1) is 19.7 Å². The van der Waals surface area contributed by atoms with Gasteiger partial charge in [-0.15, -0.1) is 0 Å². The van der Waals surface area contributed by atoms with Crippen LogP contribution in [-0.4, -0.2) is 22.7 Å². The number of ether oxygens (including phenoxy) is 1. The van der Waals surface area contributed by atoms with Crippen LogP contribution in [0.3, 0.4) is 0 Å². The van der Waals surface area contributed by atoms with E-state index in [0.717, 1.165) is 63.3 Å². The zero-order chi connectivity index (χ0) is 28.6. The first-order valence-electron chi connectivity index (χ1n) is 13.9. The lowest BCUT2D eigenvalue weighted by atomic mass is 9.93. The van der Waals surface area contributed by atoms with Gasteiger partial charge in [0.05, 0.1) is 23.4 Å². The Bertz CT molecular complexity index is 1720. The van der Waals surface area contributed by atoms with Gasteiger partial charge >= 0.3 is 5.97 Å². The molecule has 2 aromatic heterocycles. The molecule has 1 aliphatic rings. The number of aromatic nitrogens is 2. The Morgan fingerprint density at radius 3 is 2.24 bits per heavy atom. The summed E-state index contributed by atoms with van der Waals surface area (Å²) >= 11 is 0. The maximum absolute atomic E-state index is 14.2. The number of rotatable bonds is 8. The van der Waals surface area contributed by atoms with Crippen molar-refractivity contribution in [2.24, 2.45) is 0 Å². The smallest absolute Gasteiger partial charge is 0.316 e. The molecule has 1 aliphatic carbocycles. The van der Waals surface area contributed by atoms with Crippen LogP contribution in [0.15, 0.2) is 89.5 Å². The van der Waals surface area contributed by atoms with E-state index in [4.69, 9.17) is 14.2 Å². The Labute approximate surface area is 239 Å². The van der Waals surface area contributed by atoms with E-state index in [1.165, 1.54) is 6.07 Å². The molecule has 0 amide bonds. The maximum Gasteiger partial charge on any atom is 0.316 e. The Morgan fingerprint density at radius 2 is 1.56 bits per heavy atom. The normalized spacial score (nSPS) is 13.7. The highest BCUT2D eigenvalue weighted by Crippen LogP contribution is 2.49. The lowest BCUT2D eigenvalue weighted by Crippen LogP contribution is -2.23. The van der Waals surface area contributed by atoms with Crippen molar-refractivity contribution >= 4 is 5.97 Å². The van der Waals surface area contributed by atoms with Gasteiger partial charge in [0.15, 0.2) is 5.76 Å². The molecular weight excluding hydrogens is 515 g/mol. The fourth-order valence-corrected chi connectivity index (χ4v) is 5.42. The molecule has 0 unspecified atom stereocenters. The van der Waals surface area contributed by atoms with Crippen molar-refractivity contribution in [3.8, 4) is 33.7 Å². The Morgan fingerprint density at radius 1 is 0.902 bits per heavy atom. The van der Waals surface area contributed by atoms with E-state index in [1.807, 2.05) is 62.4 Å². The second-order valence-corrected chi connectivity index (χ2v) is 10.6. The van der Waals surface area contributed by atoms with Crippen LogP contribution in [0.2, 0.25) is 0 Å². The highest BCUT2D eigenvalue weighted by molar-refractivity contribution is 5.87. The summed E-state index contributed by atoms with van der Waals surface area (Å²) in [6.07, 6.45) is 2.21. The van der Waals surface area contributed by atoms with Gasteiger partial charge in [-0.3, -0.25) is 9.78 Å². The van der Waals surface area contributed by atoms with E-state index in [1.54, 1.807) is 13.0 Å². The van der Waals surface area contributed by atoms with Gasteiger partial charge in [-0.05, 0) is 74.1 Å². The third kappa shape index (κ3) is 5.06. The number of pyridine rings is 1. The molecule has 1 saturated carbocycles. The molecule has 3 aromatic carbocycles. The number of hydrogen-bond donors (Lipinski definition) is 0. The van der Waals surface area contributed by atoms with Crippen LogP contribution < -0.4 is 0 Å². The van der Waals surface area contributed by atoms with Crippen molar-refractivity contribution in [3.63, 3.8) is 0 Å². The fourth-order valence-electron chi connectivity index (χ4n) is 5.42. The van der Waals surface area contributed by atoms with Crippen molar-refractivity contribution in [1.82, 2.24) is 10.1 Å². The zero-order valence-electron chi connectivity index (χ0n) is 23.4. The minimum atomic E-state index is -0.469. The first-order valence-corrected chi connectivity index (χ1v) is 13.9. The van der Waals surface area contributed by atoms with Crippen LogP contribution >= 0.6 is 0 Å². The average molecular weight is 547 g/mol. The van der Waals surface area contributed by atoms with Gasteiger partial charge in [-0.2, -0.15) is 0 Å². The van der Waals surface area contributed by atoms with Crippen molar-refractivity contribution in [1.29, 1.82) is 0 Å². The maximum atomic E-state index is 14.2. The Kier molecular flexibility index (Phi) is 7.00. The largest absolute Gasteiger partial charge is 0.465 e. The molecule has 6 heteroatoms. The molecule has 41 heavy (non-hydrogen) atoms. The van der Waals surface area contributed by atoms with Gasteiger partial charge < -0.3 is 9.26 Å². The highest BCUT2D eigenvalue weighted by Gasteiger charge is 2.52. The van der Waals surface area contributed by atoms with E-state index < -0.39 is 5.41 Å². The average Bonchev–Trinajstić information content (AvgIpc) is 3.74. The third-order valence-corrected chi connectivity index (χ3v) is 8.03. The van der Waals surface area contributed by atoms with Crippen molar-refractivity contribution < 1.29 is 18.4 Å². The number of aryl methyl sites for hydroxylation is 1. The van der Waals surface area contributed by atoms with E-state index in [2.05, 4.69) is 29.4 Å². The fraction of sp³-hybridized carbons (Fsp3) is 0.229. The molecule has 0 N–H and O–H groups in total. The van der Waals surface area contributed by atoms with Crippen molar-refractivity contribution in [3.05, 3.63) is 119 Å². The lowest BCUT2D eigenvalue weighted by molar-refractivity contribution is -0.146. The molecule has 1 fully saturated rings. The number of esters is 1. The molecule has 0 bridgehead atoms. The van der Waals surface area contributed by atoms with Crippen LogP contribution in [0.1, 0.15) is 47.8 Å². The predicted octanol–water partition coefficient (Wildman–Crippen LogP) is 8.01. The standard InChI is InChI=1S/C35H31FN2O3/c1-4-40-34(39)35(19-20-35)27-17-15-25(16-18-27)24-11-13-26(14-12-24)33-30(23(3)38-41-33)21-28-7-5-10-32(37-28)29-8-6-9-31(36)22(29)2/h5-18H,4,19-21H2,1-3H3. The molecule has 0 radical (unpaired) electrons. The molecule has 0 atom stereocenters. The summed E-state index contributed by atoms with van der Waals surface area (Å²) in [7, 11) is 0. The van der Waals surface area contributed by atoms with E-state index in [-0.39, 0.29) is 11.8 Å². The number of carbonyl (C=O) groups excluding carboxylic acids is 1. The van der Waals surface area contributed by atoms with E-state index >= 15 is 0 Å². The summed E-state index contributed by atoms with van der Waals surface area (Å²) in [5.41, 5.74) is 8.35. The molecule has 5 nitrogen and oxygen atoms in total. The quantitative estimate of drug-likeness (QED) is 0.184. The first kappa shape index (κ1) is 26.6. The number of halogens is 1. The summed E-state index contributed by atoms with van der Waals surface area (Å²) in [6, 6.07) is 27.3. The van der Waals surface area contributed by atoms with Gasteiger partial charge in [-0.1, -0.05) is 71.9 Å². The SMILES string of the molecule is CCOC(=O)C1(c2ccc(-c3ccc(-c4onc(C)c4Cc4cccc(-c5cccc(F)c5C)n4)cc3)cc2)CC1. The molecule has 0 spiro atoms. The summed E-state index contributed by atoms with van der Waals surface area (Å²) < 4.78 is 25.2. The van der Waals surface area contributed by atoms with Crippen LogP contribution in [0.4, 0.5) is 4.39 Å². The van der Waals surface area contributed by atoms with Gasteiger partial charge in [0.2, 0.25) is 0 Å². The zero-order valence-corrected chi connectivity index (χ0v) is 23.4. The topological polar surface area (TPSA) is 65.2 Å². The van der Waals surface area contributed by atoms with Gasteiger partial charge in [0.1, 0.15) is 5.82 Å². The van der Waals surface area contributed by atoms with Gasteiger partial charge in [0.25, 0.3) is 0 Å². The minimum absolute atomic E-state index is 0.124. The summed E-state index contributed by atoms with van der Waals surface area (Å²) in [5.74, 6) is 0.347. The summed E-state index contributed by atoms with van der Waals surface area (Å²) in [5, 5.41) is 4.25. The molecule has 0 aliphatic heterocycles. The molecule has 6 rings (SSSR count). The number of hydrogen-bond acceptors (Lipinski definition) is 5. The van der Waals surface area contributed by atoms with Crippen molar-refractivity contribution in [2.75, 3.05) is 6.61 Å². The molecule has 5 aromatic rings. The second-order valence-electron chi connectivity index (χ2n) is 10.6. The van der Waals surface area contributed by atoms with E-state index in [0.29, 0.717) is 24.4 Å². The Balaban J connectivity index is 1.22. The highest BCUT2D eigenvalue weighted by atomic mass is 19.1.